The fourth-order valence-electron chi connectivity index (χ4n) is 3.69. The smallest absolute Gasteiger partial charge is 0.299 e. The third-order valence-corrected chi connectivity index (χ3v) is 10.8. The van der Waals surface area contributed by atoms with Crippen molar-refractivity contribution in [3.63, 3.8) is 0 Å². The topological polar surface area (TPSA) is 9.23 Å². The predicted molar refractivity (Wildman–Crippen MR) is 91.0 cm³/mol. The van der Waals surface area contributed by atoms with E-state index in [4.69, 9.17) is 4.43 Å². The molecule has 0 atom stereocenters. The van der Waals surface area contributed by atoms with Gasteiger partial charge >= 0.3 is 0 Å². The van der Waals surface area contributed by atoms with E-state index >= 15 is 0 Å². The van der Waals surface area contributed by atoms with Crippen LogP contribution < -0.4 is 4.43 Å². The standard InChI is InChI=1S/C18H22F6OSi/c1-6-7-26(9(2)3,10(4)5)25-17-13-12(11(19)8-18(13,23)24)14(20)15(21)16(17)22/h8-10H,6-7H2,1-5H3. The Morgan fingerprint density at radius 3 is 1.96 bits per heavy atom. The monoisotopic (exact) mass is 396 g/mol. The molecule has 0 aliphatic heterocycles. The molecule has 0 fully saturated rings. The molecule has 1 aromatic carbocycles. The van der Waals surface area contributed by atoms with E-state index in [1.807, 2.05) is 34.6 Å². The van der Waals surface area contributed by atoms with E-state index in [2.05, 4.69) is 0 Å². The first-order chi connectivity index (χ1) is 11.9. The zero-order valence-electron chi connectivity index (χ0n) is 15.3. The van der Waals surface area contributed by atoms with Gasteiger partial charge in [-0.2, -0.15) is 13.2 Å². The largest absolute Gasteiger partial charge is 0.541 e. The molecule has 0 heterocycles. The van der Waals surface area contributed by atoms with Crippen molar-refractivity contribution in [1.82, 2.24) is 0 Å². The predicted octanol–water partition coefficient (Wildman–Crippen LogP) is 7.07. The molecule has 0 bridgehead atoms. The second-order valence-electron chi connectivity index (χ2n) is 7.25. The lowest BCUT2D eigenvalue weighted by Gasteiger charge is -2.39. The third-order valence-electron chi connectivity index (χ3n) is 5.05. The van der Waals surface area contributed by atoms with Gasteiger partial charge in [0.05, 0.1) is 11.1 Å². The van der Waals surface area contributed by atoms with Crippen molar-refractivity contribution in [3.05, 3.63) is 34.7 Å². The zero-order valence-corrected chi connectivity index (χ0v) is 16.3. The highest BCUT2D eigenvalue weighted by atomic mass is 28.4. The summed E-state index contributed by atoms with van der Waals surface area (Å²) in [6.45, 7) is 9.19. The molecule has 1 aliphatic carbocycles. The number of allylic oxidation sites excluding steroid dienone is 1. The molecule has 8 heteroatoms. The Bertz CT molecular complexity index is 734. The Morgan fingerprint density at radius 1 is 0.962 bits per heavy atom. The molecule has 0 unspecified atom stereocenters. The highest BCUT2D eigenvalue weighted by Crippen LogP contribution is 2.52. The van der Waals surface area contributed by atoms with E-state index < -0.39 is 54.4 Å². The average Bonchev–Trinajstić information content (AvgIpc) is 2.76. The summed E-state index contributed by atoms with van der Waals surface area (Å²) >= 11 is 0. The lowest BCUT2D eigenvalue weighted by molar-refractivity contribution is 0.0525. The minimum atomic E-state index is -3.98. The number of benzene rings is 1. The van der Waals surface area contributed by atoms with Gasteiger partial charge in [-0.1, -0.05) is 41.0 Å². The first-order valence-electron chi connectivity index (χ1n) is 8.57. The van der Waals surface area contributed by atoms with Crippen LogP contribution in [0.3, 0.4) is 0 Å². The summed E-state index contributed by atoms with van der Waals surface area (Å²) in [5.74, 6) is -12.5. The first-order valence-corrected chi connectivity index (χ1v) is 10.8. The van der Waals surface area contributed by atoms with Crippen LogP contribution in [0.25, 0.3) is 5.83 Å². The normalized spacial score (nSPS) is 16.3. The number of alkyl halides is 2. The van der Waals surface area contributed by atoms with E-state index in [0.717, 1.165) is 0 Å². The molecule has 1 aromatic rings. The van der Waals surface area contributed by atoms with Crippen LogP contribution in [0, 0.1) is 17.5 Å². The Labute approximate surface area is 150 Å². The Morgan fingerprint density at radius 2 is 1.50 bits per heavy atom. The van der Waals surface area contributed by atoms with E-state index in [0.29, 0.717) is 12.5 Å². The van der Waals surface area contributed by atoms with Gasteiger partial charge < -0.3 is 4.43 Å². The molecule has 0 N–H and O–H groups in total. The summed E-state index contributed by atoms with van der Waals surface area (Å²) in [5.41, 5.74) is -2.74. The Balaban J connectivity index is 2.78. The van der Waals surface area contributed by atoms with Crippen LogP contribution in [0.4, 0.5) is 26.3 Å². The van der Waals surface area contributed by atoms with Gasteiger partial charge in [-0.3, -0.25) is 0 Å². The summed E-state index contributed by atoms with van der Waals surface area (Å²) < 4.78 is 90.7. The van der Waals surface area contributed by atoms with Crippen LogP contribution in [0.5, 0.6) is 5.75 Å². The van der Waals surface area contributed by atoms with Gasteiger partial charge in [-0.25, -0.2) is 13.2 Å². The minimum Gasteiger partial charge on any atom is -0.541 e. The SMILES string of the molecule is CCC[Si](Oc1c(F)c(F)c(F)c2c1C(F)(F)C=C2F)(C(C)C)C(C)C. The van der Waals surface area contributed by atoms with E-state index in [1.54, 1.807) is 0 Å². The van der Waals surface area contributed by atoms with Gasteiger partial charge in [0.25, 0.3) is 14.2 Å². The van der Waals surface area contributed by atoms with Gasteiger partial charge in [-0.05, 0) is 17.1 Å². The molecule has 0 saturated carbocycles. The summed E-state index contributed by atoms with van der Waals surface area (Å²) in [4.78, 5) is 0. The van der Waals surface area contributed by atoms with Gasteiger partial charge in [0, 0.05) is 6.08 Å². The molecule has 2 rings (SSSR count). The molecule has 0 spiro atoms. The van der Waals surface area contributed by atoms with Crippen LogP contribution in [0.2, 0.25) is 17.1 Å². The van der Waals surface area contributed by atoms with Crippen LogP contribution in [0.1, 0.15) is 52.2 Å². The molecule has 0 radical (unpaired) electrons. The summed E-state index contributed by atoms with van der Waals surface area (Å²) in [5, 5.41) is 0. The van der Waals surface area contributed by atoms with Crippen molar-refractivity contribution >= 4 is 14.1 Å². The molecule has 0 amide bonds. The fraction of sp³-hybridized carbons (Fsp3) is 0.556. The van der Waals surface area contributed by atoms with Crippen LogP contribution in [-0.4, -0.2) is 8.32 Å². The van der Waals surface area contributed by atoms with E-state index in [9.17, 15) is 26.3 Å². The second kappa shape index (κ2) is 6.94. The number of rotatable bonds is 6. The minimum absolute atomic E-state index is 0.113. The van der Waals surface area contributed by atoms with Crippen molar-refractivity contribution in [2.24, 2.45) is 0 Å². The highest BCUT2D eigenvalue weighted by molar-refractivity contribution is 6.77. The Hall–Kier alpha value is -1.44. The Kier molecular flexibility index (Phi) is 5.57. The summed E-state index contributed by atoms with van der Waals surface area (Å²) in [6, 6.07) is 0.511. The number of hydrogen-bond donors (Lipinski definition) is 0. The van der Waals surface area contributed by atoms with Crippen LogP contribution >= 0.6 is 0 Å². The lowest BCUT2D eigenvalue weighted by atomic mass is 10.0. The van der Waals surface area contributed by atoms with Gasteiger partial charge in [0.1, 0.15) is 5.83 Å². The van der Waals surface area contributed by atoms with Crippen molar-refractivity contribution < 1.29 is 30.8 Å². The number of hydrogen-bond acceptors (Lipinski definition) is 1. The molecule has 0 saturated heterocycles. The average molecular weight is 396 g/mol. The lowest BCUT2D eigenvalue weighted by Crippen LogP contribution is -2.48. The van der Waals surface area contributed by atoms with Crippen molar-refractivity contribution in [2.45, 2.75) is 64.1 Å². The van der Waals surface area contributed by atoms with Gasteiger partial charge in [-0.15, -0.1) is 0 Å². The van der Waals surface area contributed by atoms with E-state index in [-0.39, 0.29) is 17.2 Å². The van der Waals surface area contributed by atoms with Crippen molar-refractivity contribution in [1.29, 1.82) is 0 Å². The molecule has 26 heavy (non-hydrogen) atoms. The summed E-state index contributed by atoms with van der Waals surface area (Å²) in [7, 11) is -2.90. The maximum atomic E-state index is 14.5. The quantitative estimate of drug-likeness (QED) is 0.284. The van der Waals surface area contributed by atoms with Crippen LogP contribution in [0.15, 0.2) is 6.08 Å². The molecule has 1 nitrogen and oxygen atoms in total. The zero-order chi connectivity index (χ0) is 20.0. The maximum Gasteiger partial charge on any atom is 0.299 e. The van der Waals surface area contributed by atoms with Gasteiger partial charge in [0.2, 0.25) is 5.82 Å². The molecular weight excluding hydrogens is 374 g/mol. The van der Waals surface area contributed by atoms with Crippen molar-refractivity contribution in [3.8, 4) is 5.75 Å². The summed E-state index contributed by atoms with van der Waals surface area (Å²) in [6.07, 6.45) is 0.513. The molecular formula is C18H22F6OSi. The number of fused-ring (bicyclic) bond motifs is 1. The first kappa shape index (κ1) is 20.9. The van der Waals surface area contributed by atoms with Crippen molar-refractivity contribution in [2.75, 3.05) is 0 Å². The molecule has 0 aromatic heterocycles. The second-order valence-corrected chi connectivity index (χ2v) is 12.2. The van der Waals surface area contributed by atoms with Crippen LogP contribution in [-0.2, 0) is 5.92 Å². The fourth-order valence-corrected chi connectivity index (χ4v) is 8.11. The maximum absolute atomic E-state index is 14.5. The third kappa shape index (κ3) is 3.06. The molecule has 146 valence electrons. The highest BCUT2D eigenvalue weighted by Gasteiger charge is 2.50. The number of halogens is 6. The molecule has 1 aliphatic rings. The van der Waals surface area contributed by atoms with Gasteiger partial charge in [0.15, 0.2) is 17.4 Å². The van der Waals surface area contributed by atoms with E-state index in [1.165, 1.54) is 0 Å².